The number of allylic oxidation sites excluding steroid dienone is 3. The van der Waals surface area contributed by atoms with Gasteiger partial charge in [0.1, 0.15) is 17.6 Å². The topological polar surface area (TPSA) is 89.0 Å². The number of ether oxygens (including phenoxy) is 3. The van der Waals surface area contributed by atoms with Crippen LogP contribution in [0.25, 0.3) is 0 Å². The lowest BCUT2D eigenvalue weighted by molar-refractivity contribution is -0.141. The van der Waals surface area contributed by atoms with Gasteiger partial charge in [0.2, 0.25) is 17.7 Å². The van der Waals surface area contributed by atoms with Crippen molar-refractivity contribution in [3.8, 4) is 5.88 Å². The first-order valence-corrected chi connectivity index (χ1v) is 11.1. The Kier molecular flexibility index (Phi) is 9.74. The number of hydrogen-bond acceptors (Lipinski definition) is 8. The van der Waals surface area contributed by atoms with E-state index in [1.807, 2.05) is 20.8 Å². The summed E-state index contributed by atoms with van der Waals surface area (Å²) in [6, 6.07) is 0.669. The number of aromatic nitrogens is 2. The maximum atomic E-state index is 13.5. The van der Waals surface area contributed by atoms with E-state index in [1.165, 1.54) is 25.5 Å². The lowest BCUT2D eigenvalue weighted by Crippen LogP contribution is -2.56. The minimum absolute atomic E-state index is 0.0377. The number of aliphatic hydroxyl groups is 1. The molecule has 2 heterocycles. The summed E-state index contributed by atoms with van der Waals surface area (Å²) in [5.41, 5.74) is -2.50. The first-order chi connectivity index (χ1) is 16.8. The number of rotatable bonds is 10. The summed E-state index contributed by atoms with van der Waals surface area (Å²) in [7, 11) is 1.47. The van der Waals surface area contributed by atoms with E-state index >= 15 is 0 Å². The highest BCUT2D eigenvalue weighted by molar-refractivity contribution is 5.37. The molecule has 0 spiro atoms. The third-order valence-electron chi connectivity index (χ3n) is 5.02. The van der Waals surface area contributed by atoms with Crippen LogP contribution in [-0.2, 0) is 15.7 Å². The lowest BCUT2D eigenvalue weighted by Gasteiger charge is -2.42. The fraction of sp³-hybridized carbons (Fsp3) is 0.500. The predicted molar refractivity (Wildman–Crippen MR) is 127 cm³/mol. The molecule has 1 saturated heterocycles. The zero-order chi connectivity index (χ0) is 27.0. The zero-order valence-electron chi connectivity index (χ0n) is 20.7. The lowest BCUT2D eigenvalue weighted by atomic mass is 9.88. The Morgan fingerprint density at radius 2 is 1.89 bits per heavy atom. The second-order valence-electron chi connectivity index (χ2n) is 9.12. The maximum Gasteiger partial charge on any atom is 0.433 e. The standard InChI is InChI=1S/C24H32F4N4O4/c1-17(8-6-7-11-25)35-19-14-18(24(26,27)28)29-21(30-19)32-12-9-23(16-33,10-13-32)31-20(15-34-5)36-22(2,3)4/h6-8,11,14-15,31,33H,1,9-10,12-13,16H2,2-5H3/b8-6-,11-7+,20-15-. The first kappa shape index (κ1) is 29.0. The third kappa shape index (κ3) is 8.74. The van der Waals surface area contributed by atoms with Crippen molar-refractivity contribution < 1.29 is 36.9 Å². The van der Waals surface area contributed by atoms with Crippen molar-refractivity contribution in [3.63, 3.8) is 0 Å². The summed E-state index contributed by atoms with van der Waals surface area (Å²) in [6.45, 7) is 9.39. The Morgan fingerprint density at radius 3 is 2.42 bits per heavy atom. The number of piperidine rings is 1. The molecule has 2 N–H and O–H groups in total. The fourth-order valence-electron chi connectivity index (χ4n) is 3.36. The van der Waals surface area contributed by atoms with E-state index in [2.05, 4.69) is 21.9 Å². The van der Waals surface area contributed by atoms with E-state index in [0.29, 0.717) is 24.8 Å². The second kappa shape index (κ2) is 12.1. The molecule has 0 atom stereocenters. The molecule has 0 aromatic carbocycles. The monoisotopic (exact) mass is 516 g/mol. The number of alkyl halides is 3. The van der Waals surface area contributed by atoms with Gasteiger partial charge in [0.15, 0.2) is 5.69 Å². The van der Waals surface area contributed by atoms with Crippen molar-refractivity contribution >= 4 is 5.95 Å². The number of nitrogens with one attached hydrogen (secondary N) is 1. The van der Waals surface area contributed by atoms with Crippen LogP contribution in [0.1, 0.15) is 39.3 Å². The van der Waals surface area contributed by atoms with Crippen LogP contribution in [0.5, 0.6) is 5.88 Å². The van der Waals surface area contributed by atoms with Gasteiger partial charge < -0.3 is 29.5 Å². The minimum Gasteiger partial charge on any atom is -0.499 e. The van der Waals surface area contributed by atoms with Crippen LogP contribution in [0, 0.1) is 0 Å². The van der Waals surface area contributed by atoms with Crippen LogP contribution in [0.2, 0.25) is 0 Å². The van der Waals surface area contributed by atoms with E-state index in [1.54, 1.807) is 4.90 Å². The van der Waals surface area contributed by atoms with Crippen LogP contribution >= 0.6 is 0 Å². The summed E-state index contributed by atoms with van der Waals surface area (Å²) in [6.07, 6.45) is 1.25. The molecule has 0 saturated carbocycles. The molecule has 200 valence electrons. The van der Waals surface area contributed by atoms with Crippen molar-refractivity contribution in [2.24, 2.45) is 0 Å². The number of aliphatic hydroxyl groups excluding tert-OH is 1. The van der Waals surface area contributed by atoms with Crippen molar-refractivity contribution in [3.05, 3.63) is 60.8 Å². The Morgan fingerprint density at radius 1 is 1.22 bits per heavy atom. The van der Waals surface area contributed by atoms with Gasteiger partial charge in [-0.25, -0.2) is 9.37 Å². The third-order valence-corrected chi connectivity index (χ3v) is 5.02. The maximum absolute atomic E-state index is 13.5. The average molecular weight is 517 g/mol. The number of anilines is 1. The number of nitrogens with zero attached hydrogens (tertiary/aromatic N) is 3. The summed E-state index contributed by atoms with van der Waals surface area (Å²) in [5.74, 6) is -0.241. The average Bonchev–Trinajstić information content (AvgIpc) is 2.78. The molecular formula is C24H32F4N4O4. The van der Waals surface area contributed by atoms with Gasteiger partial charge in [-0.1, -0.05) is 12.7 Å². The normalized spacial score (nSPS) is 16.9. The number of halogens is 4. The summed E-state index contributed by atoms with van der Waals surface area (Å²) in [4.78, 5) is 9.38. The van der Waals surface area contributed by atoms with Gasteiger partial charge >= 0.3 is 6.18 Å². The summed E-state index contributed by atoms with van der Waals surface area (Å²) >= 11 is 0. The van der Waals surface area contributed by atoms with E-state index in [0.717, 1.165) is 6.08 Å². The van der Waals surface area contributed by atoms with Crippen LogP contribution in [0.15, 0.2) is 55.1 Å². The number of hydrogen-bond donors (Lipinski definition) is 2. The molecule has 1 fully saturated rings. The van der Waals surface area contributed by atoms with Gasteiger partial charge in [-0.3, -0.25) is 0 Å². The molecule has 1 aliphatic heterocycles. The second-order valence-corrected chi connectivity index (χ2v) is 9.12. The molecule has 0 unspecified atom stereocenters. The molecule has 0 radical (unpaired) electrons. The van der Waals surface area contributed by atoms with Crippen molar-refractivity contribution in [2.45, 2.75) is 50.9 Å². The fourth-order valence-corrected chi connectivity index (χ4v) is 3.36. The molecule has 0 aliphatic carbocycles. The SMILES string of the molecule is C=C(/C=C\C=C\F)Oc1cc(C(F)(F)F)nc(N2CCC(CO)(N/C(=C/OC)OC(C)(C)C)CC2)n1. The molecule has 12 heteroatoms. The summed E-state index contributed by atoms with van der Waals surface area (Å²) in [5, 5.41) is 13.3. The van der Waals surface area contributed by atoms with Crippen LogP contribution < -0.4 is 15.0 Å². The zero-order valence-corrected chi connectivity index (χ0v) is 20.7. The Balaban J connectivity index is 2.24. The van der Waals surface area contributed by atoms with E-state index in [4.69, 9.17) is 14.2 Å². The van der Waals surface area contributed by atoms with E-state index in [-0.39, 0.29) is 43.6 Å². The Labute approximate surface area is 208 Å². The van der Waals surface area contributed by atoms with Crippen LogP contribution in [0.4, 0.5) is 23.5 Å². The molecule has 1 aromatic rings. The Hall–Kier alpha value is -3.28. The van der Waals surface area contributed by atoms with E-state index in [9.17, 15) is 22.7 Å². The van der Waals surface area contributed by atoms with Crippen LogP contribution in [0.3, 0.4) is 0 Å². The largest absolute Gasteiger partial charge is 0.499 e. The van der Waals surface area contributed by atoms with Gasteiger partial charge in [-0.2, -0.15) is 18.2 Å². The van der Waals surface area contributed by atoms with Crippen LogP contribution in [-0.4, -0.2) is 53.0 Å². The quantitative estimate of drug-likeness (QED) is 0.265. The smallest absolute Gasteiger partial charge is 0.433 e. The molecule has 8 nitrogen and oxygen atoms in total. The molecule has 1 aromatic heterocycles. The first-order valence-electron chi connectivity index (χ1n) is 11.1. The van der Waals surface area contributed by atoms with Gasteiger partial charge in [0.25, 0.3) is 0 Å². The Bertz CT molecular complexity index is 979. The molecule has 36 heavy (non-hydrogen) atoms. The van der Waals surface area contributed by atoms with Gasteiger partial charge in [-0.05, 0) is 45.8 Å². The number of methoxy groups -OCH3 is 1. The molecule has 2 rings (SSSR count). The highest BCUT2D eigenvalue weighted by Gasteiger charge is 2.38. The predicted octanol–water partition coefficient (Wildman–Crippen LogP) is 4.61. The summed E-state index contributed by atoms with van der Waals surface area (Å²) < 4.78 is 68.8. The van der Waals surface area contributed by atoms with Crippen molar-refractivity contribution in [1.29, 1.82) is 0 Å². The molecule has 0 bridgehead atoms. The molecule has 0 amide bonds. The highest BCUT2D eigenvalue weighted by atomic mass is 19.4. The molecule has 1 aliphatic rings. The highest BCUT2D eigenvalue weighted by Crippen LogP contribution is 2.33. The van der Waals surface area contributed by atoms with Gasteiger partial charge in [0, 0.05) is 19.2 Å². The van der Waals surface area contributed by atoms with Crippen molar-refractivity contribution in [1.82, 2.24) is 15.3 Å². The van der Waals surface area contributed by atoms with Gasteiger partial charge in [-0.15, -0.1) is 0 Å². The minimum atomic E-state index is -4.74. The molecular weight excluding hydrogens is 484 g/mol. The van der Waals surface area contributed by atoms with Crippen molar-refractivity contribution in [2.75, 3.05) is 31.7 Å². The van der Waals surface area contributed by atoms with Gasteiger partial charge in [0.05, 0.1) is 25.6 Å². The van der Waals surface area contributed by atoms with E-state index < -0.39 is 23.0 Å².